The Labute approximate surface area is 119 Å². The lowest BCUT2D eigenvalue weighted by atomic mass is 10.1. The lowest BCUT2D eigenvalue weighted by Gasteiger charge is -2.03. The van der Waals surface area contributed by atoms with Gasteiger partial charge in [-0.05, 0) is 35.2 Å². The molecule has 0 radical (unpaired) electrons. The van der Waals surface area contributed by atoms with Crippen LogP contribution in [-0.2, 0) is 0 Å². The summed E-state index contributed by atoms with van der Waals surface area (Å²) >= 11 is 1.30. The zero-order valence-electron chi connectivity index (χ0n) is 10.2. The Morgan fingerprint density at radius 3 is 2.65 bits per heavy atom. The maximum Gasteiger partial charge on any atom is 0.353 e. The topological polar surface area (TPSA) is 73.9 Å². The number of nitriles is 2. The van der Waals surface area contributed by atoms with Gasteiger partial charge in [-0.1, -0.05) is 18.2 Å². The van der Waals surface area contributed by atoms with Gasteiger partial charge in [-0.15, -0.1) is 11.3 Å². The number of rotatable bonds is 3. The molecule has 0 spiro atoms. The zero-order chi connectivity index (χ0) is 14.4. The average Bonchev–Trinajstić information content (AvgIpc) is 2.99. The van der Waals surface area contributed by atoms with Crippen molar-refractivity contribution in [2.75, 3.05) is 0 Å². The molecule has 0 atom stereocenters. The zero-order valence-corrected chi connectivity index (χ0v) is 11.1. The molecule has 0 N–H and O–H groups in total. The minimum Gasteiger partial charge on any atom is -0.422 e. The van der Waals surface area contributed by atoms with E-state index >= 15 is 0 Å². The summed E-state index contributed by atoms with van der Waals surface area (Å²) in [5, 5.41) is 19.2. The van der Waals surface area contributed by atoms with E-state index in [0.29, 0.717) is 16.2 Å². The Kier molecular flexibility index (Phi) is 4.28. The largest absolute Gasteiger partial charge is 0.422 e. The van der Waals surface area contributed by atoms with E-state index in [-0.39, 0.29) is 5.57 Å². The minimum atomic E-state index is -0.429. The van der Waals surface area contributed by atoms with Crippen molar-refractivity contribution in [3.8, 4) is 17.9 Å². The smallest absolute Gasteiger partial charge is 0.353 e. The Balaban J connectivity index is 2.19. The summed E-state index contributed by atoms with van der Waals surface area (Å²) in [4.78, 5) is 12.3. The highest BCUT2D eigenvalue weighted by Gasteiger charge is 2.09. The number of carbonyl (C=O) groups excluding carboxylic acids is 1. The maximum atomic E-state index is 11.8. The van der Waals surface area contributed by atoms with Crippen LogP contribution in [0.1, 0.15) is 15.2 Å². The third-order valence-corrected chi connectivity index (χ3v) is 3.19. The average molecular weight is 280 g/mol. The van der Waals surface area contributed by atoms with Gasteiger partial charge in [-0.2, -0.15) is 10.5 Å². The third-order valence-electron chi connectivity index (χ3n) is 2.34. The van der Waals surface area contributed by atoms with Crippen molar-refractivity contribution in [1.82, 2.24) is 0 Å². The van der Waals surface area contributed by atoms with Gasteiger partial charge in [0.25, 0.3) is 0 Å². The first kappa shape index (κ1) is 13.5. The van der Waals surface area contributed by atoms with E-state index in [0.717, 1.165) is 0 Å². The van der Waals surface area contributed by atoms with E-state index in [9.17, 15) is 4.79 Å². The predicted molar refractivity (Wildman–Crippen MR) is 74.9 cm³/mol. The molecule has 0 amide bonds. The number of carbonyl (C=O) groups is 1. The highest BCUT2D eigenvalue weighted by molar-refractivity contribution is 7.12. The van der Waals surface area contributed by atoms with Crippen LogP contribution in [0.15, 0.2) is 47.4 Å². The summed E-state index contributed by atoms with van der Waals surface area (Å²) in [5.74, 6) is -0.0608. The van der Waals surface area contributed by atoms with Crippen molar-refractivity contribution in [1.29, 1.82) is 10.5 Å². The summed E-state index contributed by atoms with van der Waals surface area (Å²) in [7, 11) is 0. The van der Waals surface area contributed by atoms with Gasteiger partial charge in [0.1, 0.15) is 28.3 Å². The second kappa shape index (κ2) is 6.33. The molecule has 96 valence electrons. The van der Waals surface area contributed by atoms with Crippen molar-refractivity contribution in [2.24, 2.45) is 0 Å². The first-order chi connectivity index (χ1) is 9.72. The maximum absolute atomic E-state index is 11.8. The lowest BCUT2D eigenvalue weighted by molar-refractivity contribution is 0.0740. The molecule has 2 aromatic rings. The summed E-state index contributed by atoms with van der Waals surface area (Å²) in [6.45, 7) is 0. The van der Waals surface area contributed by atoms with Crippen molar-refractivity contribution in [3.63, 3.8) is 0 Å². The number of ether oxygens (including phenoxy) is 1. The number of hydrogen-bond donors (Lipinski definition) is 0. The first-order valence-electron chi connectivity index (χ1n) is 5.60. The number of allylic oxidation sites excluding steroid dienone is 1. The van der Waals surface area contributed by atoms with Crippen LogP contribution in [-0.4, -0.2) is 5.97 Å². The molecule has 1 aromatic heterocycles. The van der Waals surface area contributed by atoms with Crippen LogP contribution in [0.25, 0.3) is 6.08 Å². The molecule has 0 saturated heterocycles. The standard InChI is InChI=1S/C15H8N2O2S/c16-9-12(10-17)7-11-3-1-4-13(8-11)19-15(18)14-5-2-6-20-14/h1-8H. The van der Waals surface area contributed by atoms with Crippen LogP contribution in [0.2, 0.25) is 0 Å². The van der Waals surface area contributed by atoms with Gasteiger partial charge in [0, 0.05) is 0 Å². The van der Waals surface area contributed by atoms with Crippen LogP contribution in [0.3, 0.4) is 0 Å². The molecule has 0 bridgehead atoms. The van der Waals surface area contributed by atoms with Gasteiger partial charge in [0.15, 0.2) is 0 Å². The van der Waals surface area contributed by atoms with E-state index in [4.69, 9.17) is 15.3 Å². The molecule has 1 aromatic carbocycles. The molecule has 0 aliphatic carbocycles. The summed E-state index contributed by atoms with van der Waals surface area (Å²) in [5.41, 5.74) is 0.617. The molecule has 0 aliphatic heterocycles. The van der Waals surface area contributed by atoms with Crippen LogP contribution >= 0.6 is 11.3 Å². The van der Waals surface area contributed by atoms with E-state index in [1.165, 1.54) is 17.4 Å². The molecule has 4 nitrogen and oxygen atoms in total. The molecule has 1 heterocycles. The summed E-state index contributed by atoms with van der Waals surface area (Å²) in [6.07, 6.45) is 1.43. The van der Waals surface area contributed by atoms with Crippen LogP contribution in [0.4, 0.5) is 0 Å². The molecule has 0 fully saturated rings. The second-order valence-corrected chi connectivity index (χ2v) is 4.67. The van der Waals surface area contributed by atoms with Gasteiger partial charge < -0.3 is 4.74 Å². The van der Waals surface area contributed by atoms with Gasteiger partial charge in [-0.3, -0.25) is 0 Å². The van der Waals surface area contributed by atoms with Gasteiger partial charge in [-0.25, -0.2) is 4.79 Å². The Hall–Kier alpha value is -2.89. The Bertz CT molecular complexity index is 718. The normalized spacial score (nSPS) is 9.10. The quantitative estimate of drug-likeness (QED) is 0.490. The molecule has 0 aliphatic rings. The summed E-state index contributed by atoms with van der Waals surface area (Å²) < 4.78 is 5.22. The van der Waals surface area contributed by atoms with Crippen LogP contribution in [0, 0.1) is 22.7 Å². The highest BCUT2D eigenvalue weighted by atomic mass is 32.1. The molecule has 2 rings (SSSR count). The van der Waals surface area contributed by atoms with E-state index in [1.807, 2.05) is 0 Å². The number of esters is 1. The first-order valence-corrected chi connectivity index (χ1v) is 6.48. The molecule has 0 unspecified atom stereocenters. The van der Waals surface area contributed by atoms with Gasteiger partial charge in [0.2, 0.25) is 0 Å². The Morgan fingerprint density at radius 1 is 1.20 bits per heavy atom. The van der Waals surface area contributed by atoms with Crippen molar-refractivity contribution in [3.05, 3.63) is 57.8 Å². The van der Waals surface area contributed by atoms with E-state index < -0.39 is 5.97 Å². The Morgan fingerprint density at radius 2 is 2.00 bits per heavy atom. The van der Waals surface area contributed by atoms with Crippen LogP contribution in [0.5, 0.6) is 5.75 Å². The predicted octanol–water partition coefficient (Wildman–Crippen LogP) is 3.40. The molecular formula is C15H8N2O2S. The molecule has 0 saturated carbocycles. The van der Waals surface area contributed by atoms with Gasteiger partial charge in [0.05, 0.1) is 0 Å². The second-order valence-electron chi connectivity index (χ2n) is 3.72. The fourth-order valence-electron chi connectivity index (χ4n) is 1.48. The molecule has 20 heavy (non-hydrogen) atoms. The SMILES string of the molecule is N#CC(C#N)=Cc1cccc(OC(=O)c2cccs2)c1. The fraction of sp³-hybridized carbons (Fsp3) is 0. The summed E-state index contributed by atoms with van der Waals surface area (Å²) in [6, 6.07) is 13.7. The molecule has 5 heteroatoms. The monoisotopic (exact) mass is 280 g/mol. The molecular weight excluding hydrogens is 272 g/mol. The number of thiophene rings is 1. The van der Waals surface area contributed by atoms with E-state index in [1.54, 1.807) is 53.9 Å². The number of benzene rings is 1. The van der Waals surface area contributed by atoms with Crippen molar-refractivity contribution >= 4 is 23.4 Å². The van der Waals surface area contributed by atoms with Crippen LogP contribution < -0.4 is 4.74 Å². The minimum absolute atomic E-state index is 0.00765. The fourth-order valence-corrected chi connectivity index (χ4v) is 2.07. The lowest BCUT2D eigenvalue weighted by Crippen LogP contribution is -2.06. The highest BCUT2D eigenvalue weighted by Crippen LogP contribution is 2.18. The van der Waals surface area contributed by atoms with Gasteiger partial charge >= 0.3 is 5.97 Å². The third kappa shape index (κ3) is 3.32. The van der Waals surface area contributed by atoms with Crippen molar-refractivity contribution < 1.29 is 9.53 Å². The number of nitrogens with zero attached hydrogens (tertiary/aromatic N) is 2. The van der Waals surface area contributed by atoms with E-state index in [2.05, 4.69) is 0 Å². The van der Waals surface area contributed by atoms with Crippen molar-refractivity contribution in [2.45, 2.75) is 0 Å². The number of hydrogen-bond acceptors (Lipinski definition) is 5.